The van der Waals surface area contributed by atoms with Gasteiger partial charge in [-0.25, -0.2) is 0 Å². The number of amides is 1. The summed E-state index contributed by atoms with van der Waals surface area (Å²) in [5, 5.41) is 2.87. The van der Waals surface area contributed by atoms with Crippen molar-refractivity contribution in [2.75, 3.05) is 5.32 Å². The summed E-state index contributed by atoms with van der Waals surface area (Å²) in [7, 11) is 0. The minimum Gasteiger partial charge on any atom is -0.325 e. The van der Waals surface area contributed by atoms with Crippen LogP contribution in [0, 0.1) is 0 Å². The van der Waals surface area contributed by atoms with Gasteiger partial charge in [-0.2, -0.15) is 0 Å². The lowest BCUT2D eigenvalue weighted by molar-refractivity contribution is -0.120. The first kappa shape index (κ1) is 16.2. The van der Waals surface area contributed by atoms with E-state index in [-0.39, 0.29) is 5.91 Å². The Morgan fingerprint density at radius 1 is 1.00 bits per heavy atom. The van der Waals surface area contributed by atoms with Crippen LogP contribution in [0.2, 0.25) is 0 Å². The fourth-order valence-electron chi connectivity index (χ4n) is 2.24. The number of nitrogens with two attached hydrogens (primary N) is 1. The molecule has 3 nitrogen and oxygen atoms in total. The Kier molecular flexibility index (Phi) is 5.34. The van der Waals surface area contributed by atoms with Gasteiger partial charge in [0, 0.05) is 5.69 Å². The number of benzene rings is 2. The van der Waals surface area contributed by atoms with Crippen molar-refractivity contribution in [3.05, 3.63) is 65.7 Å². The molecule has 116 valence electrons. The molecule has 0 saturated carbocycles. The van der Waals surface area contributed by atoms with E-state index in [2.05, 4.69) is 35.6 Å². The Hall–Kier alpha value is -2.13. The molecule has 0 aromatic heterocycles. The number of rotatable bonds is 6. The molecule has 0 aliphatic heterocycles. The van der Waals surface area contributed by atoms with Gasteiger partial charge in [-0.15, -0.1) is 0 Å². The maximum absolute atomic E-state index is 11.9. The zero-order chi connectivity index (χ0) is 16.0. The molecule has 3 N–H and O–H groups in total. The Labute approximate surface area is 132 Å². The SMILES string of the molecule is CC(C)(N)C(=O)Nc1cccc(CCCc2ccccc2)c1. The maximum atomic E-state index is 11.9. The van der Waals surface area contributed by atoms with Crippen molar-refractivity contribution in [1.82, 2.24) is 0 Å². The van der Waals surface area contributed by atoms with Gasteiger partial charge in [-0.05, 0) is 56.4 Å². The second-order valence-electron chi connectivity index (χ2n) is 6.22. The van der Waals surface area contributed by atoms with Gasteiger partial charge >= 0.3 is 0 Å². The summed E-state index contributed by atoms with van der Waals surface area (Å²) in [4.78, 5) is 11.9. The number of carbonyl (C=O) groups is 1. The molecule has 0 unspecified atom stereocenters. The van der Waals surface area contributed by atoms with Crippen LogP contribution in [0.25, 0.3) is 0 Å². The minimum absolute atomic E-state index is 0.172. The molecule has 0 aliphatic carbocycles. The molecule has 0 atom stereocenters. The minimum atomic E-state index is -0.872. The van der Waals surface area contributed by atoms with E-state index in [0.29, 0.717) is 0 Å². The maximum Gasteiger partial charge on any atom is 0.243 e. The summed E-state index contributed by atoms with van der Waals surface area (Å²) < 4.78 is 0. The van der Waals surface area contributed by atoms with Crippen LogP contribution in [-0.4, -0.2) is 11.4 Å². The van der Waals surface area contributed by atoms with Gasteiger partial charge in [0.1, 0.15) is 0 Å². The molecule has 3 heteroatoms. The molecule has 0 saturated heterocycles. The number of carbonyl (C=O) groups excluding carboxylic acids is 1. The molecule has 2 aromatic carbocycles. The first-order chi connectivity index (χ1) is 10.4. The lowest BCUT2D eigenvalue weighted by Crippen LogP contribution is -2.45. The Morgan fingerprint density at radius 3 is 2.32 bits per heavy atom. The lowest BCUT2D eigenvalue weighted by Gasteiger charge is -2.18. The van der Waals surface area contributed by atoms with Crippen molar-refractivity contribution in [1.29, 1.82) is 0 Å². The Balaban J connectivity index is 1.90. The molecular formula is C19H24N2O. The van der Waals surface area contributed by atoms with Crippen LogP contribution < -0.4 is 11.1 Å². The van der Waals surface area contributed by atoms with E-state index in [1.165, 1.54) is 11.1 Å². The van der Waals surface area contributed by atoms with E-state index in [9.17, 15) is 4.79 Å². The van der Waals surface area contributed by atoms with Crippen LogP contribution >= 0.6 is 0 Å². The monoisotopic (exact) mass is 296 g/mol. The molecular weight excluding hydrogens is 272 g/mol. The van der Waals surface area contributed by atoms with Crippen molar-refractivity contribution < 1.29 is 4.79 Å². The predicted octanol–water partition coefficient (Wildman–Crippen LogP) is 3.54. The Morgan fingerprint density at radius 2 is 1.64 bits per heavy atom. The highest BCUT2D eigenvalue weighted by Gasteiger charge is 2.21. The summed E-state index contributed by atoms with van der Waals surface area (Å²) in [5.74, 6) is -0.172. The van der Waals surface area contributed by atoms with Gasteiger partial charge in [-0.3, -0.25) is 4.79 Å². The number of anilines is 1. The molecule has 0 aliphatic rings. The predicted molar refractivity (Wildman–Crippen MR) is 91.8 cm³/mol. The van der Waals surface area contributed by atoms with E-state index in [0.717, 1.165) is 24.9 Å². The van der Waals surface area contributed by atoms with Crippen molar-refractivity contribution in [3.63, 3.8) is 0 Å². The number of nitrogens with one attached hydrogen (secondary N) is 1. The normalized spacial score (nSPS) is 11.2. The van der Waals surface area contributed by atoms with Crippen molar-refractivity contribution in [2.45, 2.75) is 38.6 Å². The quantitative estimate of drug-likeness (QED) is 0.856. The zero-order valence-corrected chi connectivity index (χ0v) is 13.3. The van der Waals surface area contributed by atoms with Crippen molar-refractivity contribution >= 4 is 11.6 Å². The average molecular weight is 296 g/mol. The highest BCUT2D eigenvalue weighted by molar-refractivity contribution is 5.97. The molecule has 2 rings (SSSR count). The van der Waals surface area contributed by atoms with Gasteiger partial charge in [0.2, 0.25) is 5.91 Å². The van der Waals surface area contributed by atoms with Crippen LogP contribution in [0.4, 0.5) is 5.69 Å². The van der Waals surface area contributed by atoms with Crippen molar-refractivity contribution in [3.8, 4) is 0 Å². The molecule has 22 heavy (non-hydrogen) atoms. The van der Waals surface area contributed by atoms with E-state index < -0.39 is 5.54 Å². The summed E-state index contributed by atoms with van der Waals surface area (Å²) in [6.45, 7) is 3.40. The third-order valence-electron chi connectivity index (χ3n) is 3.54. The van der Waals surface area contributed by atoms with E-state index in [4.69, 9.17) is 5.73 Å². The first-order valence-corrected chi connectivity index (χ1v) is 7.68. The lowest BCUT2D eigenvalue weighted by atomic mass is 10.0. The van der Waals surface area contributed by atoms with E-state index in [1.807, 2.05) is 24.3 Å². The van der Waals surface area contributed by atoms with Crippen LogP contribution in [0.15, 0.2) is 54.6 Å². The standard InChI is InChI=1S/C19H24N2O/c1-19(2,20)18(22)21-17-13-7-12-16(14-17)11-6-10-15-8-4-3-5-9-15/h3-5,7-9,12-14H,6,10-11,20H2,1-2H3,(H,21,22). The summed E-state index contributed by atoms with van der Waals surface area (Å²) >= 11 is 0. The Bertz CT molecular complexity index is 615. The molecule has 0 bridgehead atoms. The number of hydrogen-bond donors (Lipinski definition) is 2. The van der Waals surface area contributed by atoms with Gasteiger partial charge in [0.05, 0.1) is 5.54 Å². The molecule has 0 fully saturated rings. The number of aryl methyl sites for hydroxylation is 2. The highest BCUT2D eigenvalue weighted by Crippen LogP contribution is 2.15. The molecule has 1 amide bonds. The third-order valence-corrected chi connectivity index (χ3v) is 3.54. The average Bonchev–Trinajstić information content (AvgIpc) is 2.48. The molecule has 2 aromatic rings. The molecule has 0 spiro atoms. The van der Waals surface area contributed by atoms with Crippen LogP contribution in [0.5, 0.6) is 0 Å². The van der Waals surface area contributed by atoms with Gasteiger partial charge in [-0.1, -0.05) is 42.5 Å². The third kappa shape index (κ3) is 5.01. The fraction of sp³-hybridized carbons (Fsp3) is 0.316. The fourth-order valence-corrected chi connectivity index (χ4v) is 2.24. The smallest absolute Gasteiger partial charge is 0.243 e. The second-order valence-corrected chi connectivity index (χ2v) is 6.22. The first-order valence-electron chi connectivity index (χ1n) is 7.68. The van der Waals surface area contributed by atoms with Gasteiger partial charge < -0.3 is 11.1 Å². The summed E-state index contributed by atoms with van der Waals surface area (Å²) in [5.41, 5.74) is 8.32. The number of hydrogen-bond acceptors (Lipinski definition) is 2. The van der Waals surface area contributed by atoms with Gasteiger partial charge in [0.15, 0.2) is 0 Å². The molecule has 0 radical (unpaired) electrons. The van der Waals surface area contributed by atoms with Crippen molar-refractivity contribution in [2.24, 2.45) is 5.73 Å². The van der Waals surface area contributed by atoms with Crippen LogP contribution in [-0.2, 0) is 17.6 Å². The van der Waals surface area contributed by atoms with Crippen LogP contribution in [0.1, 0.15) is 31.4 Å². The topological polar surface area (TPSA) is 55.1 Å². The van der Waals surface area contributed by atoms with Crippen LogP contribution in [0.3, 0.4) is 0 Å². The highest BCUT2D eigenvalue weighted by atomic mass is 16.2. The zero-order valence-electron chi connectivity index (χ0n) is 13.3. The summed E-state index contributed by atoms with van der Waals surface area (Å²) in [6, 6.07) is 18.5. The van der Waals surface area contributed by atoms with E-state index in [1.54, 1.807) is 13.8 Å². The largest absolute Gasteiger partial charge is 0.325 e. The second kappa shape index (κ2) is 7.23. The summed E-state index contributed by atoms with van der Waals surface area (Å²) in [6.07, 6.45) is 3.14. The van der Waals surface area contributed by atoms with E-state index >= 15 is 0 Å². The molecule has 0 heterocycles. The van der Waals surface area contributed by atoms with Gasteiger partial charge in [0.25, 0.3) is 0 Å².